The van der Waals surface area contributed by atoms with Crippen molar-refractivity contribution in [3.05, 3.63) is 0 Å². The maximum absolute atomic E-state index is 12.5. The summed E-state index contributed by atoms with van der Waals surface area (Å²) in [6.45, 7) is 4.45. The van der Waals surface area contributed by atoms with Crippen molar-refractivity contribution in [1.82, 2.24) is 5.32 Å². The minimum atomic E-state index is -0.549. The van der Waals surface area contributed by atoms with Gasteiger partial charge in [0.15, 0.2) is 0 Å². The van der Waals surface area contributed by atoms with E-state index in [1.165, 1.54) is 19.3 Å². The van der Waals surface area contributed by atoms with Crippen LogP contribution in [0, 0.1) is 17.3 Å². The number of rotatable bonds is 3. The highest BCUT2D eigenvalue weighted by Gasteiger charge is 2.51. The van der Waals surface area contributed by atoms with E-state index in [0.29, 0.717) is 16.9 Å². The molecule has 0 aromatic rings. The van der Waals surface area contributed by atoms with E-state index in [9.17, 15) is 4.79 Å². The SMILES string of the molecule is CC1CCCC(NC(=O)C2(C(N)=S)CC(C)C2)CC1. The number of thiocarbonyl (C=S) groups is 1. The first kappa shape index (κ1) is 14.8. The van der Waals surface area contributed by atoms with Crippen molar-refractivity contribution in [3.8, 4) is 0 Å². The second-order valence-corrected chi connectivity index (χ2v) is 7.18. The van der Waals surface area contributed by atoms with Gasteiger partial charge >= 0.3 is 0 Å². The molecule has 2 fully saturated rings. The monoisotopic (exact) mass is 282 g/mol. The van der Waals surface area contributed by atoms with Crippen molar-refractivity contribution in [1.29, 1.82) is 0 Å². The zero-order chi connectivity index (χ0) is 14.0. The highest BCUT2D eigenvalue weighted by atomic mass is 32.1. The van der Waals surface area contributed by atoms with E-state index in [2.05, 4.69) is 19.2 Å². The summed E-state index contributed by atoms with van der Waals surface area (Å²) in [6.07, 6.45) is 7.53. The van der Waals surface area contributed by atoms with Crippen LogP contribution in [-0.4, -0.2) is 16.9 Å². The normalized spacial score (nSPS) is 38.9. The first-order valence-corrected chi connectivity index (χ1v) is 7.96. The Bertz CT molecular complexity index is 363. The van der Waals surface area contributed by atoms with Crippen LogP contribution in [0.2, 0.25) is 0 Å². The number of hydrogen-bond donors (Lipinski definition) is 2. The third-order valence-corrected chi connectivity index (χ3v) is 5.28. The van der Waals surface area contributed by atoms with E-state index in [1.54, 1.807) is 0 Å². The molecule has 2 atom stereocenters. The fourth-order valence-electron chi connectivity index (χ4n) is 3.58. The van der Waals surface area contributed by atoms with E-state index >= 15 is 0 Å². The minimum absolute atomic E-state index is 0.0812. The molecule has 2 aliphatic rings. The van der Waals surface area contributed by atoms with Crippen LogP contribution in [0.15, 0.2) is 0 Å². The molecule has 0 spiro atoms. The summed E-state index contributed by atoms with van der Waals surface area (Å²) < 4.78 is 0. The van der Waals surface area contributed by atoms with Crippen LogP contribution in [0.25, 0.3) is 0 Å². The average Bonchev–Trinajstić information content (AvgIpc) is 2.49. The van der Waals surface area contributed by atoms with Crippen molar-refractivity contribution in [2.24, 2.45) is 23.0 Å². The number of nitrogens with one attached hydrogen (secondary N) is 1. The van der Waals surface area contributed by atoms with Crippen LogP contribution in [0.4, 0.5) is 0 Å². The van der Waals surface area contributed by atoms with Gasteiger partial charge in [0.25, 0.3) is 0 Å². The van der Waals surface area contributed by atoms with E-state index in [-0.39, 0.29) is 5.91 Å². The Hall–Kier alpha value is -0.640. The number of carbonyl (C=O) groups excluding carboxylic acids is 1. The second kappa shape index (κ2) is 5.78. The van der Waals surface area contributed by atoms with Gasteiger partial charge in [-0.1, -0.05) is 38.9 Å². The minimum Gasteiger partial charge on any atom is -0.392 e. The quantitative estimate of drug-likeness (QED) is 0.618. The van der Waals surface area contributed by atoms with Crippen molar-refractivity contribution in [3.63, 3.8) is 0 Å². The molecule has 0 aliphatic heterocycles. The molecule has 0 radical (unpaired) electrons. The maximum atomic E-state index is 12.5. The van der Waals surface area contributed by atoms with Gasteiger partial charge < -0.3 is 11.1 Å². The van der Waals surface area contributed by atoms with Gasteiger partial charge in [-0.3, -0.25) is 4.79 Å². The van der Waals surface area contributed by atoms with Crippen LogP contribution in [0.3, 0.4) is 0 Å². The van der Waals surface area contributed by atoms with E-state index in [0.717, 1.165) is 31.6 Å². The molecule has 2 unspecified atom stereocenters. The Morgan fingerprint density at radius 3 is 2.42 bits per heavy atom. The topological polar surface area (TPSA) is 55.1 Å². The Morgan fingerprint density at radius 2 is 1.84 bits per heavy atom. The summed E-state index contributed by atoms with van der Waals surface area (Å²) in [5.41, 5.74) is 5.28. The lowest BCUT2D eigenvalue weighted by molar-refractivity contribution is -0.133. The second-order valence-electron chi connectivity index (χ2n) is 6.74. The van der Waals surface area contributed by atoms with Gasteiger partial charge in [-0.2, -0.15) is 0 Å². The van der Waals surface area contributed by atoms with Gasteiger partial charge in [0, 0.05) is 6.04 Å². The summed E-state index contributed by atoms with van der Waals surface area (Å²) in [5.74, 6) is 1.43. The van der Waals surface area contributed by atoms with E-state index in [4.69, 9.17) is 18.0 Å². The summed E-state index contributed by atoms with van der Waals surface area (Å²) in [5, 5.41) is 3.22. The highest BCUT2D eigenvalue weighted by molar-refractivity contribution is 7.80. The summed E-state index contributed by atoms with van der Waals surface area (Å²) in [7, 11) is 0. The summed E-state index contributed by atoms with van der Waals surface area (Å²) in [6, 6.07) is 0.319. The molecule has 0 aromatic heterocycles. The fraction of sp³-hybridized carbons (Fsp3) is 0.867. The lowest BCUT2D eigenvalue weighted by atomic mass is 9.62. The lowest BCUT2D eigenvalue weighted by Gasteiger charge is -2.44. The molecule has 0 bridgehead atoms. The third-order valence-electron chi connectivity index (χ3n) is 4.89. The van der Waals surface area contributed by atoms with Crippen LogP contribution in [0.5, 0.6) is 0 Å². The lowest BCUT2D eigenvalue weighted by Crippen LogP contribution is -2.57. The summed E-state index contributed by atoms with van der Waals surface area (Å²) >= 11 is 5.14. The first-order chi connectivity index (χ1) is 8.94. The van der Waals surface area contributed by atoms with Crippen molar-refractivity contribution < 1.29 is 4.79 Å². The zero-order valence-corrected chi connectivity index (χ0v) is 12.9. The molecule has 0 heterocycles. The molecule has 2 saturated carbocycles. The van der Waals surface area contributed by atoms with Gasteiger partial charge in [0.05, 0.1) is 10.4 Å². The molecule has 3 N–H and O–H groups in total. The molecule has 2 rings (SSSR count). The fourth-order valence-corrected chi connectivity index (χ4v) is 3.84. The Balaban J connectivity index is 1.94. The van der Waals surface area contributed by atoms with Crippen LogP contribution in [0.1, 0.15) is 58.8 Å². The molecule has 0 aromatic carbocycles. The van der Waals surface area contributed by atoms with Crippen molar-refractivity contribution >= 4 is 23.1 Å². The van der Waals surface area contributed by atoms with Gasteiger partial charge in [-0.15, -0.1) is 0 Å². The third kappa shape index (κ3) is 3.10. The summed E-state index contributed by atoms with van der Waals surface area (Å²) in [4.78, 5) is 12.9. The number of amides is 1. The Morgan fingerprint density at radius 1 is 1.16 bits per heavy atom. The molecule has 0 saturated heterocycles. The predicted molar refractivity (Wildman–Crippen MR) is 81.8 cm³/mol. The largest absolute Gasteiger partial charge is 0.392 e. The van der Waals surface area contributed by atoms with Crippen molar-refractivity contribution in [2.45, 2.75) is 64.8 Å². The first-order valence-electron chi connectivity index (χ1n) is 7.55. The molecule has 4 heteroatoms. The number of nitrogens with two attached hydrogens (primary N) is 1. The predicted octanol–water partition coefficient (Wildman–Crippen LogP) is 2.77. The van der Waals surface area contributed by atoms with Gasteiger partial charge in [0.1, 0.15) is 0 Å². The number of hydrogen-bond acceptors (Lipinski definition) is 2. The molecular weight excluding hydrogens is 256 g/mol. The van der Waals surface area contributed by atoms with Crippen LogP contribution in [-0.2, 0) is 4.79 Å². The smallest absolute Gasteiger partial charge is 0.233 e. The molecule has 1 amide bonds. The van der Waals surface area contributed by atoms with Crippen molar-refractivity contribution in [2.75, 3.05) is 0 Å². The van der Waals surface area contributed by atoms with Crippen LogP contribution >= 0.6 is 12.2 Å². The molecule has 2 aliphatic carbocycles. The van der Waals surface area contributed by atoms with Gasteiger partial charge in [-0.05, 0) is 43.9 Å². The molecule has 108 valence electrons. The van der Waals surface area contributed by atoms with Gasteiger partial charge in [0.2, 0.25) is 5.91 Å². The van der Waals surface area contributed by atoms with Crippen LogP contribution < -0.4 is 11.1 Å². The van der Waals surface area contributed by atoms with E-state index in [1.807, 2.05) is 0 Å². The molecule has 3 nitrogen and oxygen atoms in total. The Kier molecular flexibility index (Phi) is 4.49. The Labute approximate surface area is 121 Å². The maximum Gasteiger partial charge on any atom is 0.233 e. The van der Waals surface area contributed by atoms with Gasteiger partial charge in [-0.25, -0.2) is 0 Å². The molecule has 19 heavy (non-hydrogen) atoms. The number of carbonyl (C=O) groups is 1. The average molecular weight is 282 g/mol. The highest BCUT2D eigenvalue weighted by Crippen LogP contribution is 2.46. The molecular formula is C15H26N2OS. The standard InChI is InChI=1S/C15H26N2OS/c1-10-4-3-5-12(7-6-10)17-14(18)15(13(16)19)8-11(2)9-15/h10-12H,3-9H2,1-2H3,(H2,16,19)(H,17,18). The zero-order valence-electron chi connectivity index (χ0n) is 12.1. The van der Waals surface area contributed by atoms with E-state index < -0.39 is 5.41 Å².